The molecule has 0 atom stereocenters. The zero-order chi connectivity index (χ0) is 15.6. The van der Waals surface area contributed by atoms with Gasteiger partial charge in [-0.05, 0) is 49.2 Å². The van der Waals surface area contributed by atoms with Crippen LogP contribution in [0.5, 0.6) is 11.5 Å². The minimum absolute atomic E-state index is 0.204. The number of anilines is 2. The zero-order valence-electron chi connectivity index (χ0n) is 12.2. The number of benzene rings is 2. The number of aryl methyl sites for hydroxylation is 2. The van der Waals surface area contributed by atoms with Crippen molar-refractivity contribution >= 4 is 17.3 Å². The van der Waals surface area contributed by atoms with E-state index in [-0.39, 0.29) is 11.7 Å². The van der Waals surface area contributed by atoms with Crippen molar-refractivity contribution in [2.24, 2.45) is 0 Å². The van der Waals surface area contributed by atoms with Gasteiger partial charge < -0.3 is 20.9 Å². The van der Waals surface area contributed by atoms with Gasteiger partial charge in [-0.2, -0.15) is 0 Å². The van der Waals surface area contributed by atoms with E-state index in [0.29, 0.717) is 28.3 Å². The maximum absolute atomic E-state index is 12.4. The van der Waals surface area contributed by atoms with Gasteiger partial charge in [0.1, 0.15) is 11.5 Å². The number of amides is 1. The number of carbonyl (C=O) groups excluding carboxylic acids is 1. The first-order chi connectivity index (χ1) is 9.92. The average Bonchev–Trinajstić information content (AvgIpc) is 2.44. The standard InChI is InChI=1S/C16H18N2O3/c1-9-7-14(19)10(2)6-13(9)18-16(20)12-5-4-11(17)8-15(12)21-3/h4-8,19H,17H2,1-3H3,(H,18,20). The molecule has 0 aliphatic rings. The first-order valence-corrected chi connectivity index (χ1v) is 6.47. The van der Waals surface area contributed by atoms with E-state index in [4.69, 9.17) is 10.5 Å². The van der Waals surface area contributed by atoms with E-state index in [1.54, 1.807) is 37.3 Å². The summed E-state index contributed by atoms with van der Waals surface area (Å²) in [5, 5.41) is 12.5. The lowest BCUT2D eigenvalue weighted by atomic mass is 10.1. The van der Waals surface area contributed by atoms with E-state index in [2.05, 4.69) is 5.32 Å². The number of phenols is 1. The molecule has 0 heterocycles. The number of aromatic hydroxyl groups is 1. The molecule has 0 fully saturated rings. The summed E-state index contributed by atoms with van der Waals surface area (Å²) < 4.78 is 5.18. The van der Waals surface area contributed by atoms with Crippen LogP contribution >= 0.6 is 0 Å². The second-order valence-electron chi connectivity index (χ2n) is 4.87. The van der Waals surface area contributed by atoms with Crippen molar-refractivity contribution < 1.29 is 14.6 Å². The van der Waals surface area contributed by atoms with Crippen molar-refractivity contribution in [3.8, 4) is 11.5 Å². The second kappa shape index (κ2) is 5.75. The molecule has 0 radical (unpaired) electrons. The normalized spacial score (nSPS) is 10.2. The Balaban J connectivity index is 2.32. The third-order valence-electron chi connectivity index (χ3n) is 3.26. The topological polar surface area (TPSA) is 84.6 Å². The van der Waals surface area contributed by atoms with Crippen LogP contribution in [0.2, 0.25) is 0 Å². The lowest BCUT2D eigenvalue weighted by Gasteiger charge is -2.13. The average molecular weight is 286 g/mol. The van der Waals surface area contributed by atoms with Crippen LogP contribution in [-0.4, -0.2) is 18.1 Å². The molecule has 0 unspecified atom stereocenters. The molecule has 0 spiro atoms. The Morgan fingerprint density at radius 3 is 2.57 bits per heavy atom. The third kappa shape index (κ3) is 3.08. The number of nitrogens with two attached hydrogens (primary N) is 1. The fraction of sp³-hybridized carbons (Fsp3) is 0.188. The van der Waals surface area contributed by atoms with Gasteiger partial charge in [0.15, 0.2) is 0 Å². The van der Waals surface area contributed by atoms with Crippen molar-refractivity contribution in [1.82, 2.24) is 0 Å². The molecule has 0 saturated carbocycles. The number of hydrogen-bond acceptors (Lipinski definition) is 4. The minimum Gasteiger partial charge on any atom is -0.508 e. The summed E-state index contributed by atoms with van der Waals surface area (Å²) in [5.41, 5.74) is 8.73. The molecule has 5 nitrogen and oxygen atoms in total. The van der Waals surface area contributed by atoms with Gasteiger partial charge in [-0.1, -0.05) is 0 Å². The molecular weight excluding hydrogens is 268 g/mol. The number of ether oxygens (including phenoxy) is 1. The first kappa shape index (κ1) is 14.7. The van der Waals surface area contributed by atoms with Crippen molar-refractivity contribution in [3.05, 3.63) is 47.0 Å². The summed E-state index contributed by atoms with van der Waals surface area (Å²) in [4.78, 5) is 12.4. The molecule has 1 amide bonds. The van der Waals surface area contributed by atoms with Gasteiger partial charge in [-0.15, -0.1) is 0 Å². The number of carbonyl (C=O) groups is 1. The Kier molecular flexibility index (Phi) is 4.03. The SMILES string of the molecule is COc1cc(N)ccc1C(=O)Nc1cc(C)c(O)cc1C. The van der Waals surface area contributed by atoms with Crippen molar-refractivity contribution in [3.63, 3.8) is 0 Å². The Morgan fingerprint density at radius 1 is 1.19 bits per heavy atom. The van der Waals surface area contributed by atoms with Crippen LogP contribution in [0.4, 0.5) is 11.4 Å². The third-order valence-corrected chi connectivity index (χ3v) is 3.26. The van der Waals surface area contributed by atoms with Gasteiger partial charge in [0.2, 0.25) is 0 Å². The fourth-order valence-corrected chi connectivity index (χ4v) is 2.02. The molecule has 2 aromatic rings. The number of rotatable bonds is 3. The largest absolute Gasteiger partial charge is 0.508 e. The molecule has 0 aliphatic carbocycles. The van der Waals surface area contributed by atoms with Crippen LogP contribution in [0.25, 0.3) is 0 Å². The maximum Gasteiger partial charge on any atom is 0.259 e. The highest BCUT2D eigenvalue weighted by atomic mass is 16.5. The summed E-state index contributed by atoms with van der Waals surface area (Å²) in [5.74, 6) is 0.330. The molecule has 5 heteroatoms. The number of phenolic OH excluding ortho intramolecular Hbond substituents is 1. The Labute approximate surface area is 123 Å². The summed E-state index contributed by atoms with van der Waals surface area (Å²) in [6.45, 7) is 3.59. The minimum atomic E-state index is -0.292. The Morgan fingerprint density at radius 2 is 1.90 bits per heavy atom. The molecule has 2 rings (SSSR count). The van der Waals surface area contributed by atoms with E-state index in [9.17, 15) is 9.90 Å². The van der Waals surface area contributed by atoms with Gasteiger partial charge in [-0.25, -0.2) is 0 Å². The van der Waals surface area contributed by atoms with Crippen molar-refractivity contribution in [2.45, 2.75) is 13.8 Å². The summed E-state index contributed by atoms with van der Waals surface area (Å²) in [6, 6.07) is 8.21. The predicted octanol–water partition coefficient (Wildman–Crippen LogP) is 2.85. The van der Waals surface area contributed by atoms with Gasteiger partial charge in [0.05, 0.1) is 12.7 Å². The van der Waals surface area contributed by atoms with E-state index in [1.807, 2.05) is 6.92 Å². The number of methoxy groups -OCH3 is 1. The van der Waals surface area contributed by atoms with E-state index >= 15 is 0 Å². The number of nitrogens with one attached hydrogen (secondary N) is 1. The highest BCUT2D eigenvalue weighted by Crippen LogP contribution is 2.27. The van der Waals surface area contributed by atoms with Crippen LogP contribution in [0.3, 0.4) is 0 Å². The van der Waals surface area contributed by atoms with Crippen LogP contribution in [0, 0.1) is 13.8 Å². The van der Waals surface area contributed by atoms with Crippen molar-refractivity contribution in [2.75, 3.05) is 18.2 Å². The van der Waals surface area contributed by atoms with E-state index in [1.165, 1.54) is 7.11 Å². The Hall–Kier alpha value is -2.69. The lowest BCUT2D eigenvalue weighted by molar-refractivity contribution is 0.102. The molecule has 0 aliphatic heterocycles. The van der Waals surface area contributed by atoms with Crippen LogP contribution in [-0.2, 0) is 0 Å². The van der Waals surface area contributed by atoms with Crippen LogP contribution in [0.15, 0.2) is 30.3 Å². The van der Waals surface area contributed by atoms with Gasteiger partial charge in [-0.3, -0.25) is 4.79 Å². The van der Waals surface area contributed by atoms with Gasteiger partial charge in [0.25, 0.3) is 5.91 Å². The number of hydrogen-bond donors (Lipinski definition) is 3. The molecule has 0 aromatic heterocycles. The second-order valence-corrected chi connectivity index (χ2v) is 4.87. The smallest absolute Gasteiger partial charge is 0.259 e. The molecular formula is C16H18N2O3. The monoisotopic (exact) mass is 286 g/mol. The Bertz CT molecular complexity index is 696. The van der Waals surface area contributed by atoms with E-state index < -0.39 is 0 Å². The molecule has 4 N–H and O–H groups in total. The first-order valence-electron chi connectivity index (χ1n) is 6.47. The van der Waals surface area contributed by atoms with Gasteiger partial charge in [0, 0.05) is 17.4 Å². The van der Waals surface area contributed by atoms with Crippen LogP contribution < -0.4 is 15.8 Å². The lowest BCUT2D eigenvalue weighted by Crippen LogP contribution is -2.14. The molecule has 110 valence electrons. The summed E-state index contributed by atoms with van der Waals surface area (Å²) in [6.07, 6.45) is 0. The quantitative estimate of drug-likeness (QED) is 0.598. The molecule has 2 aromatic carbocycles. The highest BCUT2D eigenvalue weighted by molar-refractivity contribution is 6.06. The van der Waals surface area contributed by atoms with Gasteiger partial charge >= 0.3 is 0 Å². The number of nitrogen functional groups attached to an aromatic ring is 1. The summed E-state index contributed by atoms with van der Waals surface area (Å²) in [7, 11) is 1.49. The highest BCUT2D eigenvalue weighted by Gasteiger charge is 2.14. The van der Waals surface area contributed by atoms with Crippen molar-refractivity contribution in [1.29, 1.82) is 0 Å². The van der Waals surface area contributed by atoms with Crippen LogP contribution in [0.1, 0.15) is 21.5 Å². The fourth-order valence-electron chi connectivity index (χ4n) is 2.02. The molecule has 0 bridgehead atoms. The predicted molar refractivity (Wildman–Crippen MR) is 82.9 cm³/mol. The maximum atomic E-state index is 12.4. The summed E-state index contributed by atoms with van der Waals surface area (Å²) >= 11 is 0. The zero-order valence-corrected chi connectivity index (χ0v) is 12.2. The molecule has 21 heavy (non-hydrogen) atoms. The van der Waals surface area contributed by atoms with E-state index in [0.717, 1.165) is 5.56 Å². The molecule has 0 saturated heterocycles.